The number of benzene rings is 3. The molecule has 0 saturated carbocycles. The van der Waals surface area contributed by atoms with Crippen LogP contribution in [0.3, 0.4) is 0 Å². The Labute approximate surface area is 219 Å². The summed E-state index contributed by atoms with van der Waals surface area (Å²) in [5, 5.41) is 0. The monoisotopic (exact) mass is 494 g/mol. The summed E-state index contributed by atoms with van der Waals surface area (Å²) in [6.45, 7) is 7.43. The standard InChI is InChI=1S/C31H34N4O2/c1-24-32-29(25-13-15-28(36-2)16-14-25)23-30(33-24)37-22-21-34-17-19-35(20-18-34)31(26-9-5-3-6-10-26)27-11-7-4-8-12-27/h3-16,23,31H,17-22H2,1-2H3. The number of ether oxygens (including phenoxy) is 2. The molecule has 0 amide bonds. The summed E-state index contributed by atoms with van der Waals surface area (Å²) in [6, 6.07) is 31.7. The van der Waals surface area contributed by atoms with Crippen LogP contribution in [0.15, 0.2) is 91.0 Å². The molecule has 6 nitrogen and oxygen atoms in total. The Bertz CT molecular complexity index is 1220. The SMILES string of the molecule is COc1ccc(-c2cc(OCCN3CCN(C(c4ccccc4)c4ccccc4)CC3)nc(C)n2)cc1. The van der Waals surface area contributed by atoms with Crippen LogP contribution in [0.5, 0.6) is 11.6 Å². The second kappa shape index (κ2) is 12.0. The predicted octanol–water partition coefficient (Wildman–Crippen LogP) is 5.25. The third kappa shape index (κ3) is 6.34. The summed E-state index contributed by atoms with van der Waals surface area (Å²) in [4.78, 5) is 14.1. The lowest BCUT2D eigenvalue weighted by atomic mass is 9.96. The number of hydrogen-bond donors (Lipinski definition) is 0. The van der Waals surface area contributed by atoms with E-state index in [1.165, 1.54) is 11.1 Å². The highest BCUT2D eigenvalue weighted by molar-refractivity contribution is 5.61. The van der Waals surface area contributed by atoms with E-state index >= 15 is 0 Å². The molecule has 1 aromatic heterocycles. The van der Waals surface area contributed by atoms with E-state index < -0.39 is 0 Å². The van der Waals surface area contributed by atoms with Gasteiger partial charge in [0.2, 0.25) is 5.88 Å². The first kappa shape index (κ1) is 24.9. The largest absolute Gasteiger partial charge is 0.497 e. The van der Waals surface area contributed by atoms with E-state index in [1.54, 1.807) is 7.11 Å². The maximum absolute atomic E-state index is 6.08. The number of piperazine rings is 1. The van der Waals surface area contributed by atoms with Gasteiger partial charge < -0.3 is 9.47 Å². The number of rotatable bonds is 9. The Hall–Kier alpha value is -3.74. The van der Waals surface area contributed by atoms with Crippen LogP contribution in [0.4, 0.5) is 0 Å². The minimum Gasteiger partial charge on any atom is -0.497 e. The fourth-order valence-corrected chi connectivity index (χ4v) is 4.93. The normalized spacial score (nSPS) is 14.6. The second-order valence-corrected chi connectivity index (χ2v) is 9.32. The fraction of sp³-hybridized carbons (Fsp3) is 0.290. The van der Waals surface area contributed by atoms with Crippen molar-refractivity contribution >= 4 is 0 Å². The predicted molar refractivity (Wildman–Crippen MR) is 147 cm³/mol. The van der Waals surface area contributed by atoms with E-state index in [0.29, 0.717) is 18.3 Å². The van der Waals surface area contributed by atoms with Crippen molar-refractivity contribution in [3.63, 3.8) is 0 Å². The lowest BCUT2D eigenvalue weighted by molar-refractivity contribution is 0.0970. The molecule has 6 heteroatoms. The highest BCUT2D eigenvalue weighted by Crippen LogP contribution is 2.29. The van der Waals surface area contributed by atoms with Gasteiger partial charge in [-0.25, -0.2) is 4.98 Å². The van der Waals surface area contributed by atoms with Crippen molar-refractivity contribution in [3.8, 4) is 22.9 Å². The number of aryl methyl sites for hydroxylation is 1. The van der Waals surface area contributed by atoms with Crippen molar-refractivity contribution < 1.29 is 9.47 Å². The summed E-state index contributed by atoms with van der Waals surface area (Å²) >= 11 is 0. The van der Waals surface area contributed by atoms with Gasteiger partial charge >= 0.3 is 0 Å². The summed E-state index contributed by atoms with van der Waals surface area (Å²) < 4.78 is 11.3. The lowest BCUT2D eigenvalue weighted by Gasteiger charge is -2.39. The molecule has 0 atom stereocenters. The van der Waals surface area contributed by atoms with Crippen LogP contribution >= 0.6 is 0 Å². The van der Waals surface area contributed by atoms with Gasteiger partial charge in [0.15, 0.2) is 0 Å². The summed E-state index contributed by atoms with van der Waals surface area (Å²) in [6.07, 6.45) is 0. The van der Waals surface area contributed by atoms with Crippen LogP contribution in [-0.2, 0) is 0 Å². The quantitative estimate of drug-likeness (QED) is 0.317. The molecule has 0 radical (unpaired) electrons. The van der Waals surface area contributed by atoms with E-state index in [2.05, 4.69) is 80.4 Å². The zero-order valence-electron chi connectivity index (χ0n) is 21.6. The van der Waals surface area contributed by atoms with E-state index in [0.717, 1.165) is 49.7 Å². The number of methoxy groups -OCH3 is 1. The molecule has 0 N–H and O–H groups in total. The Morgan fingerprint density at radius 2 is 1.41 bits per heavy atom. The maximum atomic E-state index is 6.08. The highest BCUT2D eigenvalue weighted by atomic mass is 16.5. The smallest absolute Gasteiger partial charge is 0.217 e. The molecule has 0 spiro atoms. The average molecular weight is 495 g/mol. The number of nitrogens with zero attached hydrogens (tertiary/aromatic N) is 4. The molecule has 0 unspecified atom stereocenters. The first-order valence-electron chi connectivity index (χ1n) is 12.9. The van der Waals surface area contributed by atoms with Gasteiger partial charge in [0.25, 0.3) is 0 Å². The number of hydrogen-bond acceptors (Lipinski definition) is 6. The fourth-order valence-electron chi connectivity index (χ4n) is 4.93. The zero-order valence-corrected chi connectivity index (χ0v) is 21.6. The van der Waals surface area contributed by atoms with Crippen molar-refractivity contribution in [3.05, 3.63) is 108 Å². The minimum absolute atomic E-state index is 0.279. The van der Waals surface area contributed by atoms with E-state index in [1.807, 2.05) is 37.3 Å². The first-order valence-corrected chi connectivity index (χ1v) is 12.9. The van der Waals surface area contributed by atoms with Gasteiger partial charge in [0.05, 0.1) is 18.8 Å². The van der Waals surface area contributed by atoms with Crippen molar-refractivity contribution in [1.82, 2.24) is 19.8 Å². The average Bonchev–Trinajstić information content (AvgIpc) is 2.95. The molecule has 1 fully saturated rings. The first-order chi connectivity index (χ1) is 18.2. The van der Waals surface area contributed by atoms with Gasteiger partial charge in [0.1, 0.15) is 18.2 Å². The van der Waals surface area contributed by atoms with Gasteiger partial charge in [-0.05, 0) is 42.3 Å². The third-order valence-electron chi connectivity index (χ3n) is 6.86. The lowest BCUT2D eigenvalue weighted by Crippen LogP contribution is -2.48. The Morgan fingerprint density at radius 3 is 2.00 bits per heavy atom. The van der Waals surface area contributed by atoms with Crippen molar-refractivity contribution in [2.75, 3.05) is 46.4 Å². The molecule has 1 aliphatic rings. The topological polar surface area (TPSA) is 50.7 Å². The van der Waals surface area contributed by atoms with Crippen LogP contribution in [0, 0.1) is 6.92 Å². The second-order valence-electron chi connectivity index (χ2n) is 9.32. The Balaban J connectivity index is 1.17. The highest BCUT2D eigenvalue weighted by Gasteiger charge is 2.26. The molecular weight excluding hydrogens is 460 g/mol. The molecule has 2 heterocycles. The Morgan fingerprint density at radius 1 is 0.784 bits per heavy atom. The van der Waals surface area contributed by atoms with Crippen LogP contribution in [0.25, 0.3) is 11.3 Å². The van der Waals surface area contributed by atoms with E-state index in [4.69, 9.17) is 9.47 Å². The van der Waals surface area contributed by atoms with Crippen molar-refractivity contribution in [2.45, 2.75) is 13.0 Å². The zero-order chi connectivity index (χ0) is 25.5. The molecule has 190 valence electrons. The third-order valence-corrected chi connectivity index (χ3v) is 6.86. The van der Waals surface area contributed by atoms with Crippen LogP contribution < -0.4 is 9.47 Å². The summed E-state index contributed by atoms with van der Waals surface area (Å²) in [5.74, 6) is 2.14. The molecule has 1 aliphatic heterocycles. The molecule has 5 rings (SSSR count). The van der Waals surface area contributed by atoms with Crippen molar-refractivity contribution in [1.29, 1.82) is 0 Å². The van der Waals surface area contributed by atoms with Gasteiger partial charge in [0, 0.05) is 44.4 Å². The van der Waals surface area contributed by atoms with Crippen LogP contribution in [-0.4, -0.2) is 66.2 Å². The molecule has 0 bridgehead atoms. The van der Waals surface area contributed by atoms with Crippen molar-refractivity contribution in [2.24, 2.45) is 0 Å². The van der Waals surface area contributed by atoms with Gasteiger partial charge in [-0.1, -0.05) is 60.7 Å². The summed E-state index contributed by atoms with van der Waals surface area (Å²) in [7, 11) is 1.67. The van der Waals surface area contributed by atoms with Gasteiger partial charge in [-0.2, -0.15) is 4.98 Å². The van der Waals surface area contributed by atoms with E-state index in [-0.39, 0.29) is 6.04 Å². The van der Waals surface area contributed by atoms with E-state index in [9.17, 15) is 0 Å². The molecule has 4 aromatic rings. The Kier molecular flexibility index (Phi) is 8.08. The minimum atomic E-state index is 0.279. The number of aromatic nitrogens is 2. The van der Waals surface area contributed by atoms with Gasteiger partial charge in [-0.3, -0.25) is 9.80 Å². The molecular formula is C31H34N4O2. The molecule has 3 aromatic carbocycles. The van der Waals surface area contributed by atoms with Gasteiger partial charge in [-0.15, -0.1) is 0 Å². The molecule has 1 saturated heterocycles. The maximum Gasteiger partial charge on any atom is 0.217 e. The summed E-state index contributed by atoms with van der Waals surface area (Å²) in [5.41, 5.74) is 4.56. The van der Waals surface area contributed by atoms with Crippen LogP contribution in [0.1, 0.15) is 23.0 Å². The van der Waals surface area contributed by atoms with Crippen LogP contribution in [0.2, 0.25) is 0 Å². The molecule has 0 aliphatic carbocycles. The molecule has 37 heavy (non-hydrogen) atoms.